The number of nitrogens with zero attached hydrogens (tertiary/aromatic N) is 9. The molecule has 0 fully saturated rings. The van der Waals surface area contributed by atoms with Crippen molar-refractivity contribution in [2.45, 2.75) is 6.42 Å². The van der Waals surface area contributed by atoms with Crippen LogP contribution in [0.3, 0.4) is 0 Å². The van der Waals surface area contributed by atoms with E-state index in [1.165, 1.54) is 94.6 Å². The average molecular weight is 1550 g/mol. The molecule has 5 heterocycles. The lowest BCUT2D eigenvalue weighted by molar-refractivity contribution is 1.14. The predicted molar refractivity (Wildman–Crippen MR) is 488 cm³/mol. The summed E-state index contributed by atoms with van der Waals surface area (Å²) < 4.78 is 11.5. The van der Waals surface area contributed by atoms with E-state index in [2.05, 4.69) is 372 Å². The van der Waals surface area contributed by atoms with E-state index in [1.54, 1.807) is 0 Å². The molecule has 17 aromatic carbocycles. The largest absolute Gasteiger partial charge is 0.319 e. The number of aromatic nitrogens is 5. The molecule has 0 saturated heterocycles. The molecule has 118 heavy (non-hydrogen) atoms. The van der Waals surface area contributed by atoms with Crippen LogP contribution in [0.5, 0.6) is 0 Å². The first-order valence-electron chi connectivity index (χ1n) is 39.0. The van der Waals surface area contributed by atoms with Crippen molar-refractivity contribution in [3.63, 3.8) is 0 Å². The Morgan fingerprint density at radius 1 is 0.263 bits per heavy atom. The van der Waals surface area contributed by atoms with E-state index in [0.29, 0.717) is 22.6 Å². The highest BCUT2D eigenvalue weighted by Gasteiger charge is 2.27. The second-order valence-electron chi connectivity index (χ2n) is 29.6. The van der Waals surface area contributed by atoms with Gasteiger partial charge < -0.3 is 22.8 Å². The Morgan fingerprint density at radius 3 is 1.08 bits per heavy atom. The van der Waals surface area contributed by atoms with Crippen LogP contribution in [0.25, 0.3) is 192 Å². The average Bonchev–Trinajstić information content (AvgIpc) is 1.57. The highest BCUT2D eigenvalue weighted by atomic mass is 35.5. The normalized spacial score (nSPS) is 11.6. The summed E-state index contributed by atoms with van der Waals surface area (Å²) in [4.78, 5) is 7.40. The van der Waals surface area contributed by atoms with Gasteiger partial charge in [0.1, 0.15) is 12.1 Å². The van der Waals surface area contributed by atoms with Gasteiger partial charge in [0.2, 0.25) is 11.4 Å². The van der Waals surface area contributed by atoms with E-state index in [4.69, 9.17) is 41.6 Å². The Bertz CT molecular complexity index is 7760. The third-order valence-corrected chi connectivity index (χ3v) is 23.9. The molecule has 9 nitrogen and oxygen atoms in total. The van der Waals surface area contributed by atoms with Gasteiger partial charge in [0.15, 0.2) is 0 Å². The van der Waals surface area contributed by atoms with E-state index < -0.39 is 0 Å². The SMILES string of the molecule is [C-]#[N+]c1cc(-n2c3ccccc3c3c(-c4ccc5c6ccccc6n(-c6ccccc6)c5c4)cccc32)c(C#N)cc1-n1c2ccccc2c2c(-c3ccc4c5ccccc5n(-c5ccccc5)c4c3)cccc21.[C-]#[N+]c1cc(Cl)c(C#N)cc1Cl.c1ccc(-n2c3ccccc3c3ccc(-c4cccc5c4-c4ccccc4C5)cc32)cc1. The van der Waals surface area contributed by atoms with Crippen LogP contribution in [0, 0.1) is 35.8 Å². The van der Waals surface area contributed by atoms with Crippen molar-refractivity contribution in [1.82, 2.24) is 22.8 Å². The predicted octanol–water partition coefficient (Wildman–Crippen LogP) is 29.3. The van der Waals surface area contributed by atoms with Crippen LogP contribution in [0.2, 0.25) is 10.0 Å². The summed E-state index contributed by atoms with van der Waals surface area (Å²) in [5, 5.41) is 32.0. The number of hydrogen-bond donors (Lipinski definition) is 0. The minimum atomic E-state index is 0.256. The monoisotopic (exact) mass is 1540 g/mol. The van der Waals surface area contributed by atoms with Crippen LogP contribution in [0.4, 0.5) is 11.4 Å². The topological polar surface area (TPSA) is 80.9 Å². The first-order valence-corrected chi connectivity index (χ1v) is 39.7. The Hall–Kier alpha value is -15.7. The highest BCUT2D eigenvalue weighted by Crippen LogP contribution is 2.49. The second kappa shape index (κ2) is 28.7. The smallest absolute Gasteiger partial charge is 0.212 e. The number of rotatable bonds is 8. The van der Waals surface area contributed by atoms with Gasteiger partial charge in [-0.05, 0) is 183 Å². The molecule has 1 aliphatic rings. The van der Waals surface area contributed by atoms with Gasteiger partial charge in [-0.1, -0.05) is 272 Å². The number of halogens is 2. The molecule has 0 amide bonds. The molecular formula is C107H63Cl2N9. The van der Waals surface area contributed by atoms with Crippen molar-refractivity contribution in [1.29, 1.82) is 10.5 Å². The number of para-hydroxylation sites is 8. The Balaban J connectivity index is 0.000000160. The van der Waals surface area contributed by atoms with Crippen molar-refractivity contribution in [2.75, 3.05) is 0 Å². The van der Waals surface area contributed by atoms with Crippen molar-refractivity contribution in [3.8, 4) is 85.1 Å². The van der Waals surface area contributed by atoms with Gasteiger partial charge in [-0.25, -0.2) is 9.69 Å². The summed E-state index contributed by atoms with van der Waals surface area (Å²) in [6.07, 6.45) is 1.02. The maximum Gasteiger partial charge on any atom is 0.212 e. The fraction of sp³-hybridized carbons (Fsp3) is 0.00935. The van der Waals surface area contributed by atoms with E-state index in [1.807, 2.05) is 30.3 Å². The fourth-order valence-electron chi connectivity index (χ4n) is 18.3. The molecule has 0 aliphatic heterocycles. The number of hydrogen-bond acceptors (Lipinski definition) is 2. The van der Waals surface area contributed by atoms with Crippen molar-refractivity contribution in [3.05, 3.63) is 425 Å². The molecule has 22 aromatic rings. The summed E-state index contributed by atoms with van der Waals surface area (Å²) in [5.41, 5.74) is 29.7. The van der Waals surface area contributed by atoms with Crippen LogP contribution in [0.15, 0.2) is 370 Å². The molecule has 0 unspecified atom stereocenters. The third-order valence-electron chi connectivity index (χ3n) is 23.3. The van der Waals surface area contributed by atoms with Crippen LogP contribution in [-0.4, -0.2) is 22.8 Å². The zero-order valence-electron chi connectivity index (χ0n) is 63.2. The van der Waals surface area contributed by atoms with E-state index in [9.17, 15) is 5.26 Å². The van der Waals surface area contributed by atoms with Gasteiger partial charge in [0.05, 0.1) is 90.8 Å². The van der Waals surface area contributed by atoms with E-state index in [0.717, 1.165) is 106 Å². The molecule has 1 aliphatic carbocycles. The molecule has 0 radical (unpaired) electrons. The van der Waals surface area contributed by atoms with Gasteiger partial charge in [-0.2, -0.15) is 10.5 Å². The number of nitriles is 2. The Morgan fingerprint density at radius 2 is 0.619 bits per heavy atom. The van der Waals surface area contributed by atoms with Crippen LogP contribution in [-0.2, 0) is 6.42 Å². The first kappa shape index (κ1) is 70.2. The van der Waals surface area contributed by atoms with Crippen molar-refractivity contribution < 1.29 is 0 Å². The lowest BCUT2D eigenvalue weighted by atomic mass is 9.93. The Kier molecular flexibility index (Phi) is 17.1. The number of benzene rings is 17. The summed E-state index contributed by atoms with van der Waals surface area (Å²) in [6, 6.07) is 135. The third kappa shape index (κ3) is 11.3. The van der Waals surface area contributed by atoms with Crippen LogP contribution in [0.1, 0.15) is 22.3 Å². The van der Waals surface area contributed by atoms with Gasteiger partial charge >= 0.3 is 0 Å². The zero-order chi connectivity index (χ0) is 79.2. The minimum absolute atomic E-state index is 0.256. The molecule has 550 valence electrons. The molecule has 0 atom stereocenters. The first-order chi connectivity index (χ1) is 58.2. The maximum atomic E-state index is 11.3. The van der Waals surface area contributed by atoms with E-state index in [-0.39, 0.29) is 21.3 Å². The number of fused-ring (bicyclic) bond motifs is 18. The second-order valence-corrected chi connectivity index (χ2v) is 30.4. The van der Waals surface area contributed by atoms with Gasteiger partial charge in [-0.3, -0.25) is 0 Å². The molecule has 23 rings (SSSR count). The fourth-order valence-corrected chi connectivity index (χ4v) is 18.7. The Labute approximate surface area is 688 Å². The van der Waals surface area contributed by atoms with Gasteiger partial charge in [0.25, 0.3) is 0 Å². The summed E-state index contributed by atoms with van der Waals surface area (Å²) >= 11 is 11.3. The lowest BCUT2D eigenvalue weighted by Gasteiger charge is -2.16. The summed E-state index contributed by atoms with van der Waals surface area (Å²) in [5.74, 6) is 0. The summed E-state index contributed by atoms with van der Waals surface area (Å²) in [7, 11) is 0. The van der Waals surface area contributed by atoms with Crippen molar-refractivity contribution in [2.24, 2.45) is 0 Å². The van der Waals surface area contributed by atoms with Crippen molar-refractivity contribution >= 4 is 144 Å². The molecule has 5 aromatic heterocycles. The minimum Gasteiger partial charge on any atom is -0.319 e. The quantitative estimate of drug-likeness (QED) is 0.142. The maximum absolute atomic E-state index is 11.3. The van der Waals surface area contributed by atoms with Crippen LogP contribution < -0.4 is 0 Å². The highest BCUT2D eigenvalue weighted by molar-refractivity contribution is 6.36. The molecule has 0 saturated carbocycles. The molecule has 11 heteroatoms. The van der Waals surface area contributed by atoms with Crippen LogP contribution >= 0.6 is 23.2 Å². The molecular weight excluding hydrogens is 1480 g/mol. The summed E-state index contributed by atoms with van der Waals surface area (Å²) in [6.45, 7) is 15.5. The molecule has 0 bridgehead atoms. The lowest BCUT2D eigenvalue weighted by Crippen LogP contribution is -2.01. The zero-order valence-corrected chi connectivity index (χ0v) is 64.7. The molecule has 0 spiro atoms. The standard InChI is InChI=1S/C68H40N6.C31H21N.C8H2Cl2N2/c1-70-56-41-63(73-59-30-14-10-24-54(59)67-48(26-16-32-61(67)73)43-34-36-52-50-22-8-12-28-57(50)71(64(52)38-43)46-18-4-2-5-19-46)45(42-69)40-66(56)74-60-31-15-11-25-55(60)68-49(27-17-33-62(68)74)44-35-37-53-51-23-9-13-29-58(51)72(65(53)39-44)47-20-6-3-7-21-47;1-2-11-24(12-3-1)32-29-16-7-6-14-27(29)28-18-17-22(20-30(28)32)26-15-8-10-23-19-21-9-4-5-13-25(21)31(23)26;1-12-8-3-6(9)5(4-11)2-7(8)10/h2-41H;1-18,20H,19H2;2-3H. The van der Waals surface area contributed by atoms with E-state index >= 15 is 0 Å². The van der Waals surface area contributed by atoms with Gasteiger partial charge in [0, 0.05) is 81.0 Å². The molecule has 0 N–H and O–H groups in total. The van der Waals surface area contributed by atoms with Gasteiger partial charge in [-0.15, -0.1) is 0 Å².